The van der Waals surface area contributed by atoms with Crippen molar-refractivity contribution in [1.29, 1.82) is 0 Å². The van der Waals surface area contributed by atoms with Gasteiger partial charge in [0.25, 0.3) is 5.91 Å². The Balaban J connectivity index is 2.25. The summed E-state index contributed by atoms with van der Waals surface area (Å²) in [6, 6.07) is 12.8. The van der Waals surface area contributed by atoms with Gasteiger partial charge in [0.1, 0.15) is 6.04 Å². The minimum Gasteiger partial charge on any atom is -0.464 e. The maximum atomic E-state index is 13.6. The Kier molecular flexibility index (Phi) is 12.4. The number of esters is 1. The van der Waals surface area contributed by atoms with Crippen molar-refractivity contribution in [2.45, 2.75) is 78.3 Å². The number of carbonyl (C=O) groups is 3. The Morgan fingerprint density at radius 2 is 1.57 bits per heavy atom. The van der Waals surface area contributed by atoms with Crippen molar-refractivity contribution in [3.05, 3.63) is 69.7 Å². The summed E-state index contributed by atoms with van der Waals surface area (Å²) in [7, 11) is 0. The van der Waals surface area contributed by atoms with Crippen LogP contribution >= 0.6 is 23.2 Å². The van der Waals surface area contributed by atoms with Crippen molar-refractivity contribution < 1.29 is 19.1 Å². The minimum atomic E-state index is -1.02. The van der Waals surface area contributed by atoms with Crippen LogP contribution in [0.3, 0.4) is 0 Å². The molecule has 0 saturated carbocycles. The maximum absolute atomic E-state index is 13.6. The van der Waals surface area contributed by atoms with Crippen molar-refractivity contribution in [2.24, 2.45) is 5.41 Å². The first-order valence-electron chi connectivity index (χ1n) is 12.9. The molecule has 8 heteroatoms. The molecule has 0 heterocycles. The van der Waals surface area contributed by atoms with Gasteiger partial charge in [-0.3, -0.25) is 9.59 Å². The summed E-state index contributed by atoms with van der Waals surface area (Å²) in [6.45, 7) is 7.63. The van der Waals surface area contributed by atoms with Gasteiger partial charge in [-0.2, -0.15) is 0 Å². The van der Waals surface area contributed by atoms with Gasteiger partial charge >= 0.3 is 5.97 Å². The van der Waals surface area contributed by atoms with Crippen LogP contribution in [-0.4, -0.2) is 36.5 Å². The molecule has 0 bridgehead atoms. The van der Waals surface area contributed by atoms with Crippen molar-refractivity contribution in [1.82, 2.24) is 10.6 Å². The van der Waals surface area contributed by atoms with E-state index >= 15 is 0 Å². The number of ether oxygens (including phenoxy) is 1. The zero-order valence-electron chi connectivity index (χ0n) is 22.1. The van der Waals surface area contributed by atoms with E-state index in [-0.39, 0.29) is 18.4 Å². The van der Waals surface area contributed by atoms with Crippen molar-refractivity contribution in [2.75, 3.05) is 6.61 Å². The first-order valence-corrected chi connectivity index (χ1v) is 13.6. The molecular weight excluding hydrogens is 511 g/mol. The molecule has 0 saturated heterocycles. The number of unbranched alkanes of at least 4 members (excludes halogenated alkanes) is 3. The molecular formula is C29H38Cl2N2O4. The number of rotatable bonds is 14. The molecule has 1 unspecified atom stereocenters. The second kappa shape index (κ2) is 15.0. The van der Waals surface area contributed by atoms with E-state index in [0.29, 0.717) is 28.5 Å². The van der Waals surface area contributed by atoms with Crippen LogP contribution in [0.4, 0.5) is 0 Å². The van der Waals surface area contributed by atoms with Gasteiger partial charge in [0.15, 0.2) is 0 Å². The van der Waals surface area contributed by atoms with Gasteiger partial charge in [-0.25, -0.2) is 4.79 Å². The smallest absolute Gasteiger partial charge is 0.328 e. The fourth-order valence-corrected chi connectivity index (χ4v) is 4.63. The third-order valence-electron chi connectivity index (χ3n) is 6.39. The summed E-state index contributed by atoms with van der Waals surface area (Å²) < 4.78 is 5.24. The van der Waals surface area contributed by atoms with Gasteiger partial charge in [0.05, 0.1) is 12.0 Å². The molecule has 0 aromatic heterocycles. The third kappa shape index (κ3) is 9.67. The molecule has 2 amide bonds. The second-order valence-corrected chi connectivity index (χ2v) is 10.6. The monoisotopic (exact) mass is 548 g/mol. The third-order valence-corrected chi connectivity index (χ3v) is 6.83. The van der Waals surface area contributed by atoms with E-state index in [2.05, 4.69) is 17.6 Å². The highest BCUT2D eigenvalue weighted by Gasteiger charge is 2.39. The Bertz CT molecular complexity index is 1020. The van der Waals surface area contributed by atoms with Crippen LogP contribution in [-0.2, 0) is 20.7 Å². The molecule has 2 aromatic rings. The Morgan fingerprint density at radius 3 is 2.16 bits per heavy atom. The van der Waals surface area contributed by atoms with Crippen LogP contribution in [0.25, 0.3) is 0 Å². The molecule has 0 aliphatic heterocycles. The molecule has 2 N–H and O–H groups in total. The zero-order chi connectivity index (χ0) is 27.4. The van der Waals surface area contributed by atoms with Crippen LogP contribution in [0.5, 0.6) is 0 Å². The average Bonchev–Trinajstić information content (AvgIpc) is 2.85. The lowest BCUT2D eigenvalue weighted by molar-refractivity contribution is -0.148. The first kappa shape index (κ1) is 30.7. The normalized spacial score (nSPS) is 12.9. The van der Waals surface area contributed by atoms with Crippen molar-refractivity contribution in [3.8, 4) is 0 Å². The molecule has 0 fully saturated rings. The molecule has 0 aliphatic rings. The number of carbonyl (C=O) groups excluding carboxylic acids is 3. The topological polar surface area (TPSA) is 84.5 Å². The summed E-state index contributed by atoms with van der Waals surface area (Å²) in [5.74, 6) is -1.20. The average molecular weight is 550 g/mol. The van der Waals surface area contributed by atoms with Gasteiger partial charge in [0.2, 0.25) is 5.91 Å². The molecule has 2 atom stereocenters. The van der Waals surface area contributed by atoms with E-state index in [4.69, 9.17) is 27.9 Å². The van der Waals surface area contributed by atoms with E-state index in [0.717, 1.165) is 31.2 Å². The Labute approximate surface area is 230 Å². The van der Waals surface area contributed by atoms with Crippen LogP contribution in [0.1, 0.15) is 75.7 Å². The lowest BCUT2D eigenvalue weighted by Crippen LogP contribution is -2.56. The summed E-state index contributed by atoms with van der Waals surface area (Å²) in [5, 5.41) is 6.63. The highest BCUT2D eigenvalue weighted by atomic mass is 35.5. The molecule has 0 radical (unpaired) electrons. The van der Waals surface area contributed by atoms with E-state index in [1.54, 1.807) is 39.0 Å². The lowest BCUT2D eigenvalue weighted by Gasteiger charge is -2.35. The van der Waals surface area contributed by atoms with Crippen molar-refractivity contribution >= 4 is 41.0 Å². The molecule has 0 aliphatic carbocycles. The zero-order valence-corrected chi connectivity index (χ0v) is 23.6. The second-order valence-electron chi connectivity index (χ2n) is 9.72. The van der Waals surface area contributed by atoms with Gasteiger partial charge in [-0.1, -0.05) is 86.1 Å². The van der Waals surface area contributed by atoms with E-state index in [1.165, 1.54) is 0 Å². The van der Waals surface area contributed by atoms with Crippen LogP contribution in [0.15, 0.2) is 48.5 Å². The van der Waals surface area contributed by atoms with Crippen LogP contribution < -0.4 is 10.6 Å². The van der Waals surface area contributed by atoms with Crippen LogP contribution in [0.2, 0.25) is 10.0 Å². The standard InChI is InChI=1S/C29H38Cl2N2O4/c1-5-7-8-12-15-25(33-26(34)21-17-22(30)19-23(31)18-21)29(3,4)28(36)32-24(27(35)37-6-2)16-20-13-10-9-11-14-20/h9-11,13-14,17-19,24-25H,5-8,12,15-16H2,1-4H3,(H,32,36)(H,33,34)/t24-,25?/m0/s1. The SMILES string of the molecule is CCCCCCC(NC(=O)c1cc(Cl)cc(Cl)c1)C(C)(C)C(=O)N[C@@H](Cc1ccccc1)C(=O)OCC. The number of hydrogen-bond donors (Lipinski definition) is 2. The van der Waals surface area contributed by atoms with Gasteiger partial charge in [-0.05, 0) is 51.0 Å². The summed E-state index contributed by atoms with van der Waals surface area (Å²) in [5.41, 5.74) is 0.202. The number of amides is 2. The Morgan fingerprint density at radius 1 is 0.919 bits per heavy atom. The molecule has 202 valence electrons. The van der Waals surface area contributed by atoms with Gasteiger partial charge in [0, 0.05) is 28.1 Å². The maximum Gasteiger partial charge on any atom is 0.328 e. The molecule has 0 spiro atoms. The molecule has 2 rings (SSSR count). The highest BCUT2D eigenvalue weighted by molar-refractivity contribution is 6.35. The Hall–Kier alpha value is -2.57. The summed E-state index contributed by atoms with van der Waals surface area (Å²) in [6.07, 6.45) is 4.88. The lowest BCUT2D eigenvalue weighted by atomic mass is 9.80. The largest absolute Gasteiger partial charge is 0.464 e. The summed E-state index contributed by atoms with van der Waals surface area (Å²) >= 11 is 12.2. The van der Waals surface area contributed by atoms with E-state index in [9.17, 15) is 14.4 Å². The number of nitrogens with one attached hydrogen (secondary N) is 2. The summed E-state index contributed by atoms with van der Waals surface area (Å²) in [4.78, 5) is 39.5. The van der Waals surface area contributed by atoms with Gasteiger partial charge in [-0.15, -0.1) is 0 Å². The van der Waals surface area contributed by atoms with E-state index in [1.807, 2.05) is 30.3 Å². The fourth-order valence-electron chi connectivity index (χ4n) is 4.10. The first-order chi connectivity index (χ1) is 17.6. The quantitative estimate of drug-likeness (QED) is 0.212. The minimum absolute atomic E-state index is 0.210. The number of halogens is 2. The number of hydrogen-bond acceptors (Lipinski definition) is 4. The highest BCUT2D eigenvalue weighted by Crippen LogP contribution is 2.27. The molecule has 2 aromatic carbocycles. The number of benzene rings is 2. The predicted molar refractivity (Wildman–Crippen MR) is 149 cm³/mol. The molecule has 6 nitrogen and oxygen atoms in total. The van der Waals surface area contributed by atoms with Gasteiger partial charge < -0.3 is 15.4 Å². The van der Waals surface area contributed by atoms with Crippen molar-refractivity contribution in [3.63, 3.8) is 0 Å². The molecule has 37 heavy (non-hydrogen) atoms. The van der Waals surface area contributed by atoms with Crippen LogP contribution in [0, 0.1) is 5.41 Å². The predicted octanol–water partition coefficient (Wildman–Crippen LogP) is 6.38. The van der Waals surface area contributed by atoms with E-state index < -0.39 is 23.5 Å². The fraction of sp³-hybridized carbons (Fsp3) is 0.483.